The van der Waals surface area contributed by atoms with Crippen LogP contribution in [0.5, 0.6) is 5.75 Å². The van der Waals surface area contributed by atoms with Gasteiger partial charge in [-0.05, 0) is 17.7 Å². The number of hydrogen-bond donors (Lipinski definition) is 2. The van der Waals surface area contributed by atoms with Crippen LogP contribution in [0.4, 0.5) is 0 Å². The van der Waals surface area contributed by atoms with Crippen molar-refractivity contribution in [1.82, 2.24) is 4.90 Å². The molecule has 1 aliphatic heterocycles. The zero-order chi connectivity index (χ0) is 10.8. The monoisotopic (exact) mass is 207 g/mol. The van der Waals surface area contributed by atoms with E-state index in [1.807, 2.05) is 0 Å². The van der Waals surface area contributed by atoms with Crippen molar-refractivity contribution in [2.75, 3.05) is 13.1 Å². The average molecular weight is 207 g/mol. The summed E-state index contributed by atoms with van der Waals surface area (Å²) in [6, 6.07) is 6.58. The number of phenols is 1. The summed E-state index contributed by atoms with van der Waals surface area (Å²) in [4.78, 5) is 13.2. The van der Waals surface area contributed by atoms with Gasteiger partial charge in [0.15, 0.2) is 0 Å². The van der Waals surface area contributed by atoms with E-state index in [0.717, 1.165) is 5.56 Å². The van der Waals surface area contributed by atoms with Crippen molar-refractivity contribution in [2.45, 2.75) is 12.5 Å². The number of benzene rings is 1. The Morgan fingerprint density at radius 3 is 2.47 bits per heavy atom. The number of β-amino-alcohol motifs (C(OH)–C–C–N with tert-alkyl or cyclic N) is 1. The highest BCUT2D eigenvalue weighted by molar-refractivity contribution is 5.79. The molecule has 4 nitrogen and oxygen atoms in total. The van der Waals surface area contributed by atoms with E-state index >= 15 is 0 Å². The molecule has 1 aromatic rings. The Morgan fingerprint density at radius 1 is 1.33 bits per heavy atom. The summed E-state index contributed by atoms with van der Waals surface area (Å²) in [7, 11) is 0. The standard InChI is InChI=1S/C11H13NO3/c13-9-3-1-8(2-4-9)5-11(15)12-6-10(14)7-12/h1-4,10,13-14H,5-7H2. The number of aliphatic hydroxyl groups excluding tert-OH is 1. The molecule has 1 heterocycles. The normalized spacial score (nSPS) is 16.2. The van der Waals surface area contributed by atoms with E-state index in [1.54, 1.807) is 29.2 Å². The number of rotatable bonds is 2. The molecule has 1 aliphatic rings. The molecular weight excluding hydrogens is 194 g/mol. The Kier molecular flexibility index (Phi) is 2.60. The van der Waals surface area contributed by atoms with Gasteiger partial charge in [0.1, 0.15) is 5.75 Å². The van der Waals surface area contributed by atoms with Crippen LogP contribution in [0.2, 0.25) is 0 Å². The Balaban J connectivity index is 1.91. The van der Waals surface area contributed by atoms with Gasteiger partial charge in [-0.2, -0.15) is 0 Å². The molecule has 80 valence electrons. The van der Waals surface area contributed by atoms with Crippen LogP contribution < -0.4 is 0 Å². The summed E-state index contributed by atoms with van der Waals surface area (Å²) in [5.74, 6) is 0.219. The minimum absolute atomic E-state index is 0.0194. The van der Waals surface area contributed by atoms with Crippen LogP contribution in [-0.4, -0.2) is 40.2 Å². The number of phenolic OH excluding ortho intramolecular Hbond substituents is 1. The first kappa shape index (κ1) is 9.98. The first-order chi connectivity index (χ1) is 7.15. The molecule has 4 heteroatoms. The third kappa shape index (κ3) is 2.27. The maximum absolute atomic E-state index is 11.6. The van der Waals surface area contributed by atoms with Crippen LogP contribution in [0.3, 0.4) is 0 Å². The van der Waals surface area contributed by atoms with Gasteiger partial charge in [-0.25, -0.2) is 0 Å². The molecule has 0 aromatic heterocycles. The highest BCUT2D eigenvalue weighted by atomic mass is 16.3. The molecule has 0 atom stereocenters. The molecule has 1 aromatic carbocycles. The van der Waals surface area contributed by atoms with Crippen LogP contribution in [0.15, 0.2) is 24.3 Å². The van der Waals surface area contributed by atoms with E-state index in [1.165, 1.54) is 0 Å². The summed E-state index contributed by atoms with van der Waals surface area (Å²) in [5.41, 5.74) is 0.874. The van der Waals surface area contributed by atoms with E-state index in [-0.39, 0.29) is 17.8 Å². The molecule has 1 amide bonds. The van der Waals surface area contributed by atoms with Crippen molar-refractivity contribution in [3.8, 4) is 5.75 Å². The quantitative estimate of drug-likeness (QED) is 0.725. The Hall–Kier alpha value is -1.55. The van der Waals surface area contributed by atoms with Gasteiger partial charge in [0.05, 0.1) is 12.5 Å². The van der Waals surface area contributed by atoms with Crippen molar-refractivity contribution < 1.29 is 15.0 Å². The maximum atomic E-state index is 11.6. The molecule has 2 rings (SSSR count). The summed E-state index contributed by atoms with van der Waals surface area (Å²) >= 11 is 0. The molecule has 0 unspecified atom stereocenters. The van der Waals surface area contributed by atoms with Crippen molar-refractivity contribution in [3.63, 3.8) is 0 Å². The molecule has 2 N–H and O–H groups in total. The number of amides is 1. The lowest BCUT2D eigenvalue weighted by atomic mass is 10.1. The van der Waals surface area contributed by atoms with Crippen molar-refractivity contribution in [1.29, 1.82) is 0 Å². The van der Waals surface area contributed by atoms with E-state index in [4.69, 9.17) is 10.2 Å². The van der Waals surface area contributed by atoms with Crippen LogP contribution in [0, 0.1) is 0 Å². The van der Waals surface area contributed by atoms with Crippen LogP contribution >= 0.6 is 0 Å². The van der Waals surface area contributed by atoms with Gasteiger partial charge in [-0.3, -0.25) is 4.79 Å². The fourth-order valence-electron chi connectivity index (χ4n) is 1.56. The Labute approximate surface area is 87.8 Å². The van der Waals surface area contributed by atoms with Gasteiger partial charge in [0.2, 0.25) is 5.91 Å². The molecule has 1 saturated heterocycles. The lowest BCUT2D eigenvalue weighted by Crippen LogP contribution is -2.53. The first-order valence-corrected chi connectivity index (χ1v) is 4.89. The lowest BCUT2D eigenvalue weighted by Gasteiger charge is -2.35. The predicted octanol–water partition coefficient (Wildman–Crippen LogP) is 0.138. The van der Waals surface area contributed by atoms with Gasteiger partial charge in [-0.15, -0.1) is 0 Å². The van der Waals surface area contributed by atoms with E-state index < -0.39 is 0 Å². The predicted molar refractivity (Wildman–Crippen MR) is 54.4 cm³/mol. The van der Waals surface area contributed by atoms with E-state index in [0.29, 0.717) is 19.5 Å². The van der Waals surface area contributed by atoms with Crippen LogP contribution in [0.1, 0.15) is 5.56 Å². The zero-order valence-corrected chi connectivity index (χ0v) is 8.26. The molecule has 15 heavy (non-hydrogen) atoms. The largest absolute Gasteiger partial charge is 0.508 e. The summed E-state index contributed by atoms with van der Waals surface area (Å²) < 4.78 is 0. The average Bonchev–Trinajstić information content (AvgIpc) is 2.17. The highest BCUT2D eigenvalue weighted by Crippen LogP contribution is 2.13. The summed E-state index contributed by atoms with van der Waals surface area (Å²) in [6.45, 7) is 0.883. The fourth-order valence-corrected chi connectivity index (χ4v) is 1.56. The second kappa shape index (κ2) is 3.90. The first-order valence-electron chi connectivity index (χ1n) is 4.89. The van der Waals surface area contributed by atoms with Crippen molar-refractivity contribution in [2.24, 2.45) is 0 Å². The third-order valence-electron chi connectivity index (χ3n) is 2.51. The van der Waals surface area contributed by atoms with E-state index in [2.05, 4.69) is 0 Å². The summed E-state index contributed by atoms with van der Waals surface area (Å²) in [5, 5.41) is 18.1. The number of likely N-dealkylation sites (tertiary alicyclic amines) is 1. The Morgan fingerprint density at radius 2 is 1.93 bits per heavy atom. The molecular formula is C11H13NO3. The van der Waals surface area contributed by atoms with Gasteiger partial charge < -0.3 is 15.1 Å². The number of aromatic hydroxyl groups is 1. The van der Waals surface area contributed by atoms with Gasteiger partial charge in [0, 0.05) is 13.1 Å². The smallest absolute Gasteiger partial charge is 0.227 e. The highest BCUT2D eigenvalue weighted by Gasteiger charge is 2.28. The second-order valence-electron chi connectivity index (χ2n) is 3.80. The molecule has 1 fully saturated rings. The topological polar surface area (TPSA) is 60.8 Å². The number of aliphatic hydroxyl groups is 1. The minimum Gasteiger partial charge on any atom is -0.508 e. The van der Waals surface area contributed by atoms with E-state index in [9.17, 15) is 4.79 Å². The van der Waals surface area contributed by atoms with Crippen molar-refractivity contribution >= 4 is 5.91 Å². The zero-order valence-electron chi connectivity index (χ0n) is 8.26. The summed E-state index contributed by atoms with van der Waals surface area (Å²) in [6.07, 6.45) is -0.0266. The number of nitrogens with zero attached hydrogens (tertiary/aromatic N) is 1. The van der Waals surface area contributed by atoms with Gasteiger partial charge in [-0.1, -0.05) is 12.1 Å². The lowest BCUT2D eigenvalue weighted by molar-refractivity contribution is -0.140. The van der Waals surface area contributed by atoms with Gasteiger partial charge in [0.25, 0.3) is 0 Å². The van der Waals surface area contributed by atoms with Crippen molar-refractivity contribution in [3.05, 3.63) is 29.8 Å². The second-order valence-corrected chi connectivity index (χ2v) is 3.80. The van der Waals surface area contributed by atoms with Crippen LogP contribution in [0.25, 0.3) is 0 Å². The molecule has 0 bridgehead atoms. The number of carbonyl (C=O) groups is 1. The molecule has 0 spiro atoms. The van der Waals surface area contributed by atoms with Gasteiger partial charge >= 0.3 is 0 Å². The number of carbonyl (C=O) groups excluding carboxylic acids is 1. The SMILES string of the molecule is O=C(Cc1ccc(O)cc1)N1CC(O)C1. The van der Waals surface area contributed by atoms with Crippen LogP contribution in [-0.2, 0) is 11.2 Å². The molecule has 0 aliphatic carbocycles. The Bertz CT molecular complexity index is 355. The third-order valence-corrected chi connectivity index (χ3v) is 2.51. The minimum atomic E-state index is -0.353. The fraction of sp³-hybridized carbons (Fsp3) is 0.364. The number of hydrogen-bond acceptors (Lipinski definition) is 3. The maximum Gasteiger partial charge on any atom is 0.227 e. The molecule has 0 radical (unpaired) electrons. The molecule has 0 saturated carbocycles.